The molecule has 0 spiro atoms. The van der Waals surface area contributed by atoms with Gasteiger partial charge in [0.2, 0.25) is 0 Å². The van der Waals surface area contributed by atoms with Gasteiger partial charge in [0.05, 0.1) is 6.10 Å². The average molecular weight is 239 g/mol. The fourth-order valence-corrected chi connectivity index (χ4v) is 3.46. The predicted octanol–water partition coefficient (Wildman–Crippen LogP) is 3.36. The quantitative estimate of drug-likeness (QED) is 0.812. The summed E-state index contributed by atoms with van der Waals surface area (Å²) in [5, 5.41) is 3.80. The molecule has 1 N–H and O–H groups in total. The second-order valence-corrected chi connectivity index (χ2v) is 6.20. The molecule has 1 saturated heterocycles. The maximum absolute atomic E-state index is 5.80. The van der Waals surface area contributed by atoms with Gasteiger partial charge in [-0.3, -0.25) is 0 Å². The largest absolute Gasteiger partial charge is 0.377 e. The van der Waals surface area contributed by atoms with Gasteiger partial charge in [-0.15, -0.1) is 0 Å². The lowest BCUT2D eigenvalue weighted by Crippen LogP contribution is -2.44. The van der Waals surface area contributed by atoms with Crippen molar-refractivity contribution in [2.75, 3.05) is 13.2 Å². The molecule has 2 heteroatoms. The van der Waals surface area contributed by atoms with Crippen LogP contribution in [0.5, 0.6) is 0 Å². The molecule has 0 bridgehead atoms. The van der Waals surface area contributed by atoms with Crippen molar-refractivity contribution in [3.05, 3.63) is 0 Å². The summed E-state index contributed by atoms with van der Waals surface area (Å²) < 4.78 is 5.80. The van der Waals surface area contributed by atoms with Crippen LogP contribution in [-0.4, -0.2) is 25.3 Å². The summed E-state index contributed by atoms with van der Waals surface area (Å²) in [4.78, 5) is 0. The molecule has 100 valence electrons. The van der Waals surface area contributed by atoms with E-state index in [-0.39, 0.29) is 0 Å². The average Bonchev–Trinajstić information content (AvgIpc) is 2.38. The summed E-state index contributed by atoms with van der Waals surface area (Å²) in [7, 11) is 0. The molecule has 1 aliphatic heterocycles. The highest BCUT2D eigenvalue weighted by atomic mass is 16.5. The molecule has 0 aromatic carbocycles. The van der Waals surface area contributed by atoms with E-state index in [9.17, 15) is 0 Å². The zero-order valence-corrected chi connectivity index (χ0v) is 11.6. The first-order valence-corrected chi connectivity index (χ1v) is 7.62. The molecule has 1 saturated carbocycles. The molecule has 0 amide bonds. The van der Waals surface area contributed by atoms with E-state index in [0.717, 1.165) is 31.0 Å². The van der Waals surface area contributed by atoms with Gasteiger partial charge in [-0.2, -0.15) is 0 Å². The van der Waals surface area contributed by atoms with Crippen molar-refractivity contribution in [3.63, 3.8) is 0 Å². The number of hydrogen-bond donors (Lipinski definition) is 1. The van der Waals surface area contributed by atoms with E-state index < -0.39 is 0 Å². The van der Waals surface area contributed by atoms with Gasteiger partial charge in [0.15, 0.2) is 0 Å². The standard InChI is InChI=1S/C15H29NO/c1-12(2)14-8-3-4-9-15(14)16-11-13-7-5-6-10-17-13/h12-16H,3-11H2,1-2H3. The second-order valence-electron chi connectivity index (χ2n) is 6.20. The molecule has 2 aliphatic rings. The van der Waals surface area contributed by atoms with Gasteiger partial charge in [-0.1, -0.05) is 26.7 Å². The van der Waals surface area contributed by atoms with Crippen LogP contribution in [-0.2, 0) is 4.74 Å². The highest BCUT2D eigenvalue weighted by molar-refractivity contribution is 4.84. The minimum absolute atomic E-state index is 0.485. The molecule has 1 heterocycles. The Bertz CT molecular complexity index is 211. The van der Waals surface area contributed by atoms with Crippen LogP contribution in [0.4, 0.5) is 0 Å². The van der Waals surface area contributed by atoms with E-state index in [2.05, 4.69) is 19.2 Å². The van der Waals surface area contributed by atoms with Gasteiger partial charge in [0.25, 0.3) is 0 Å². The minimum atomic E-state index is 0.485. The highest BCUT2D eigenvalue weighted by Gasteiger charge is 2.27. The number of nitrogens with one attached hydrogen (secondary N) is 1. The Kier molecular flexibility index (Phi) is 5.30. The van der Waals surface area contributed by atoms with Crippen molar-refractivity contribution >= 4 is 0 Å². The zero-order chi connectivity index (χ0) is 12.1. The molecule has 0 aromatic heterocycles. The molecule has 2 nitrogen and oxygen atoms in total. The first-order valence-electron chi connectivity index (χ1n) is 7.62. The summed E-state index contributed by atoms with van der Waals surface area (Å²) in [6.45, 7) is 6.81. The topological polar surface area (TPSA) is 21.3 Å². The molecule has 17 heavy (non-hydrogen) atoms. The van der Waals surface area contributed by atoms with Crippen molar-refractivity contribution in [1.82, 2.24) is 5.32 Å². The van der Waals surface area contributed by atoms with E-state index in [4.69, 9.17) is 4.74 Å². The van der Waals surface area contributed by atoms with E-state index in [0.29, 0.717) is 6.10 Å². The molecule has 2 rings (SSSR count). The molecule has 0 radical (unpaired) electrons. The third-order valence-corrected chi connectivity index (χ3v) is 4.56. The summed E-state index contributed by atoms with van der Waals surface area (Å²) in [5.74, 6) is 1.70. The summed E-state index contributed by atoms with van der Waals surface area (Å²) in [6, 6.07) is 0.745. The third-order valence-electron chi connectivity index (χ3n) is 4.56. The van der Waals surface area contributed by atoms with Crippen molar-refractivity contribution in [3.8, 4) is 0 Å². The van der Waals surface area contributed by atoms with Crippen LogP contribution in [0.25, 0.3) is 0 Å². The Morgan fingerprint density at radius 1 is 1.06 bits per heavy atom. The van der Waals surface area contributed by atoms with Crippen LogP contribution in [0, 0.1) is 11.8 Å². The van der Waals surface area contributed by atoms with Gasteiger partial charge in [-0.25, -0.2) is 0 Å². The summed E-state index contributed by atoms with van der Waals surface area (Å²) in [5.41, 5.74) is 0. The van der Waals surface area contributed by atoms with Crippen molar-refractivity contribution in [2.24, 2.45) is 11.8 Å². The molecule has 2 fully saturated rings. The maximum atomic E-state index is 5.80. The van der Waals surface area contributed by atoms with E-state index in [1.165, 1.54) is 44.9 Å². The van der Waals surface area contributed by atoms with Gasteiger partial charge >= 0.3 is 0 Å². The normalized spacial score (nSPS) is 35.1. The van der Waals surface area contributed by atoms with Gasteiger partial charge in [-0.05, 0) is 43.9 Å². The zero-order valence-electron chi connectivity index (χ0n) is 11.6. The van der Waals surface area contributed by atoms with Crippen molar-refractivity contribution in [2.45, 2.75) is 70.9 Å². The van der Waals surface area contributed by atoms with Crippen LogP contribution < -0.4 is 5.32 Å². The Morgan fingerprint density at radius 2 is 1.82 bits per heavy atom. The van der Waals surface area contributed by atoms with Gasteiger partial charge < -0.3 is 10.1 Å². The molecule has 3 unspecified atom stereocenters. The maximum Gasteiger partial charge on any atom is 0.0699 e. The molecular weight excluding hydrogens is 210 g/mol. The third kappa shape index (κ3) is 3.96. The Balaban J connectivity index is 1.75. The predicted molar refractivity (Wildman–Crippen MR) is 72.2 cm³/mol. The molecular formula is C15H29NO. The van der Waals surface area contributed by atoms with Crippen LogP contribution in [0.3, 0.4) is 0 Å². The lowest BCUT2D eigenvalue weighted by atomic mass is 9.78. The molecule has 0 aromatic rings. The summed E-state index contributed by atoms with van der Waals surface area (Å²) in [6.07, 6.45) is 9.98. The lowest BCUT2D eigenvalue weighted by molar-refractivity contribution is 0.0123. The Hall–Kier alpha value is -0.0800. The first-order chi connectivity index (χ1) is 8.27. The smallest absolute Gasteiger partial charge is 0.0699 e. The first kappa shape index (κ1) is 13.4. The van der Waals surface area contributed by atoms with Crippen molar-refractivity contribution < 1.29 is 4.74 Å². The van der Waals surface area contributed by atoms with Gasteiger partial charge in [0.1, 0.15) is 0 Å². The van der Waals surface area contributed by atoms with Crippen LogP contribution in [0.1, 0.15) is 58.8 Å². The Labute approximate surface area is 107 Å². The number of hydrogen-bond acceptors (Lipinski definition) is 2. The Morgan fingerprint density at radius 3 is 2.53 bits per heavy atom. The minimum Gasteiger partial charge on any atom is -0.377 e. The lowest BCUT2D eigenvalue weighted by Gasteiger charge is -2.36. The van der Waals surface area contributed by atoms with Crippen molar-refractivity contribution in [1.29, 1.82) is 0 Å². The van der Waals surface area contributed by atoms with Crippen LogP contribution >= 0.6 is 0 Å². The molecule has 3 atom stereocenters. The highest BCUT2D eigenvalue weighted by Crippen LogP contribution is 2.30. The van der Waals surface area contributed by atoms with Gasteiger partial charge in [0, 0.05) is 19.2 Å². The monoisotopic (exact) mass is 239 g/mol. The fourth-order valence-electron chi connectivity index (χ4n) is 3.46. The second kappa shape index (κ2) is 6.75. The number of ether oxygens (including phenoxy) is 1. The van der Waals surface area contributed by atoms with E-state index in [1.54, 1.807) is 0 Å². The van der Waals surface area contributed by atoms with Crippen LogP contribution in [0.15, 0.2) is 0 Å². The SMILES string of the molecule is CC(C)C1CCCCC1NCC1CCCCO1. The molecule has 1 aliphatic carbocycles. The van der Waals surface area contributed by atoms with E-state index >= 15 is 0 Å². The number of rotatable bonds is 4. The van der Waals surface area contributed by atoms with E-state index in [1.807, 2.05) is 0 Å². The van der Waals surface area contributed by atoms with Crippen LogP contribution in [0.2, 0.25) is 0 Å². The summed E-state index contributed by atoms with van der Waals surface area (Å²) >= 11 is 0. The fraction of sp³-hybridized carbons (Fsp3) is 1.00.